The lowest BCUT2D eigenvalue weighted by Crippen LogP contribution is -2.10. The third-order valence-corrected chi connectivity index (χ3v) is 5.26. The molecule has 3 aromatic rings. The first-order valence-electron chi connectivity index (χ1n) is 11.5. The molecule has 1 aromatic heterocycles. The van der Waals surface area contributed by atoms with Crippen LogP contribution in [-0.4, -0.2) is 40.7 Å². The minimum atomic E-state index is -4.39. The summed E-state index contributed by atoms with van der Waals surface area (Å²) in [5, 5.41) is 13.6. The quantitative estimate of drug-likeness (QED) is 0.332. The maximum Gasteiger partial charge on any atom is 0.416 e. The van der Waals surface area contributed by atoms with Crippen LogP contribution in [0.5, 0.6) is 17.4 Å². The van der Waals surface area contributed by atoms with E-state index >= 15 is 0 Å². The highest BCUT2D eigenvalue weighted by Gasteiger charge is 2.30. The number of carbonyl (C=O) groups is 1. The average molecular weight is 507 g/mol. The third-order valence-electron chi connectivity index (χ3n) is 5.26. The number of nitrogens with zero attached hydrogens (tertiary/aromatic N) is 2. The van der Waals surface area contributed by atoms with Gasteiger partial charge in [-0.3, -0.25) is 9.48 Å². The number of alkyl halides is 3. The number of rotatable bonds is 12. The van der Waals surface area contributed by atoms with Gasteiger partial charge >= 0.3 is 12.1 Å². The molecular formula is C26H29F3N2O5. The van der Waals surface area contributed by atoms with Crippen LogP contribution < -0.4 is 14.2 Å². The standard InChI is InChI=1S/C26H29F3N2O5/c1-17(2)36-23-15-21(31(30-23)16-18-9-11-20(12-10-18)26(27,28)29)7-5-13-35-25-19(14-24(32)33)6-4-8-22(25)34-3/h4,6,8-12,15,17H,5,7,13-14,16H2,1-3H3,(H,32,33). The van der Waals surface area contributed by atoms with Gasteiger partial charge in [0, 0.05) is 17.3 Å². The summed E-state index contributed by atoms with van der Waals surface area (Å²) in [6, 6.07) is 11.9. The fourth-order valence-electron chi connectivity index (χ4n) is 3.65. The number of benzene rings is 2. The van der Waals surface area contributed by atoms with Crippen LogP contribution >= 0.6 is 0 Å². The zero-order valence-electron chi connectivity index (χ0n) is 20.3. The van der Waals surface area contributed by atoms with Gasteiger partial charge in [-0.05, 0) is 50.5 Å². The van der Waals surface area contributed by atoms with E-state index in [1.54, 1.807) is 22.9 Å². The first-order valence-corrected chi connectivity index (χ1v) is 11.5. The van der Waals surface area contributed by atoms with Gasteiger partial charge in [-0.25, -0.2) is 0 Å². The van der Waals surface area contributed by atoms with Gasteiger partial charge in [-0.15, -0.1) is 5.10 Å². The molecule has 0 amide bonds. The highest BCUT2D eigenvalue weighted by molar-refractivity contribution is 5.72. The van der Waals surface area contributed by atoms with E-state index in [1.165, 1.54) is 19.2 Å². The molecule has 1 N–H and O–H groups in total. The Morgan fingerprint density at radius 1 is 1.14 bits per heavy atom. The summed E-state index contributed by atoms with van der Waals surface area (Å²) >= 11 is 0. The van der Waals surface area contributed by atoms with Crippen LogP contribution in [0.1, 0.15) is 42.7 Å². The summed E-state index contributed by atoms with van der Waals surface area (Å²) in [4.78, 5) is 11.2. The van der Waals surface area contributed by atoms with Crippen molar-refractivity contribution in [3.05, 3.63) is 70.9 Å². The second kappa shape index (κ2) is 11.8. The van der Waals surface area contributed by atoms with Gasteiger partial charge in [0.1, 0.15) is 0 Å². The van der Waals surface area contributed by atoms with E-state index in [0.29, 0.717) is 48.0 Å². The van der Waals surface area contributed by atoms with Crippen molar-refractivity contribution in [2.45, 2.75) is 51.9 Å². The number of aromatic nitrogens is 2. The van der Waals surface area contributed by atoms with Crippen LogP contribution in [0, 0.1) is 0 Å². The van der Waals surface area contributed by atoms with Crippen LogP contribution in [0.2, 0.25) is 0 Å². The Morgan fingerprint density at radius 2 is 1.86 bits per heavy atom. The number of ether oxygens (including phenoxy) is 3. The Morgan fingerprint density at radius 3 is 2.47 bits per heavy atom. The third kappa shape index (κ3) is 7.40. The zero-order chi connectivity index (χ0) is 26.3. The number of aliphatic carboxylic acids is 1. The fraction of sp³-hybridized carbons (Fsp3) is 0.385. The zero-order valence-corrected chi connectivity index (χ0v) is 20.3. The van der Waals surface area contributed by atoms with Crippen molar-refractivity contribution in [1.29, 1.82) is 0 Å². The molecule has 36 heavy (non-hydrogen) atoms. The molecule has 0 fully saturated rings. The molecule has 3 rings (SSSR count). The van der Waals surface area contributed by atoms with Crippen LogP contribution in [-0.2, 0) is 30.4 Å². The highest BCUT2D eigenvalue weighted by atomic mass is 19.4. The van der Waals surface area contributed by atoms with Crippen molar-refractivity contribution in [3.63, 3.8) is 0 Å². The first-order chi connectivity index (χ1) is 17.1. The normalized spacial score (nSPS) is 11.5. The van der Waals surface area contributed by atoms with Crippen molar-refractivity contribution in [2.75, 3.05) is 13.7 Å². The SMILES string of the molecule is COc1cccc(CC(=O)O)c1OCCCc1cc(OC(C)C)nn1Cc1ccc(C(F)(F)F)cc1. The maximum atomic E-state index is 12.9. The summed E-state index contributed by atoms with van der Waals surface area (Å²) in [7, 11) is 1.49. The molecule has 0 spiro atoms. The van der Waals surface area contributed by atoms with E-state index in [2.05, 4.69) is 5.10 Å². The van der Waals surface area contributed by atoms with Gasteiger partial charge in [-0.1, -0.05) is 24.3 Å². The van der Waals surface area contributed by atoms with E-state index in [1.807, 2.05) is 19.9 Å². The number of carboxylic acids is 1. The smallest absolute Gasteiger partial charge is 0.416 e. The lowest BCUT2D eigenvalue weighted by atomic mass is 10.1. The van der Waals surface area contributed by atoms with Gasteiger partial charge in [0.05, 0.1) is 38.3 Å². The lowest BCUT2D eigenvalue weighted by Gasteiger charge is -2.14. The number of para-hydroxylation sites is 1. The Balaban J connectivity index is 1.71. The number of methoxy groups -OCH3 is 1. The van der Waals surface area contributed by atoms with Gasteiger partial charge < -0.3 is 19.3 Å². The van der Waals surface area contributed by atoms with Gasteiger partial charge in [0.2, 0.25) is 5.88 Å². The largest absolute Gasteiger partial charge is 0.493 e. The molecular weight excluding hydrogens is 477 g/mol. The molecule has 0 radical (unpaired) electrons. The van der Waals surface area contributed by atoms with Crippen LogP contribution in [0.3, 0.4) is 0 Å². The van der Waals surface area contributed by atoms with Crippen molar-refractivity contribution < 1.29 is 37.3 Å². The molecule has 0 saturated heterocycles. The minimum absolute atomic E-state index is 0.0891. The Hall–Kier alpha value is -3.69. The number of aryl methyl sites for hydroxylation is 1. The summed E-state index contributed by atoms with van der Waals surface area (Å²) in [6.07, 6.45) is -3.54. The maximum absolute atomic E-state index is 12.9. The molecule has 0 aliphatic carbocycles. The number of hydrogen-bond donors (Lipinski definition) is 1. The van der Waals surface area contributed by atoms with Crippen LogP contribution in [0.25, 0.3) is 0 Å². The van der Waals surface area contributed by atoms with Gasteiger partial charge in [0.15, 0.2) is 11.5 Å². The molecule has 0 aliphatic heterocycles. The molecule has 0 bridgehead atoms. The topological polar surface area (TPSA) is 82.8 Å². The molecule has 7 nitrogen and oxygen atoms in total. The van der Waals surface area contributed by atoms with Gasteiger partial charge in [-0.2, -0.15) is 13.2 Å². The number of halogens is 3. The second-order valence-corrected chi connectivity index (χ2v) is 8.46. The molecule has 0 aliphatic rings. The van der Waals surface area contributed by atoms with E-state index in [-0.39, 0.29) is 19.1 Å². The summed E-state index contributed by atoms with van der Waals surface area (Å²) < 4.78 is 57.3. The summed E-state index contributed by atoms with van der Waals surface area (Å²) in [6.45, 7) is 4.33. The molecule has 1 heterocycles. The summed E-state index contributed by atoms with van der Waals surface area (Å²) in [5.41, 5.74) is 1.32. The minimum Gasteiger partial charge on any atom is -0.493 e. The lowest BCUT2D eigenvalue weighted by molar-refractivity contribution is -0.138. The van der Waals surface area contributed by atoms with Gasteiger partial charge in [0.25, 0.3) is 0 Å². The predicted molar refractivity (Wildman–Crippen MR) is 127 cm³/mol. The second-order valence-electron chi connectivity index (χ2n) is 8.46. The van der Waals surface area contributed by atoms with Crippen LogP contribution in [0.15, 0.2) is 48.5 Å². The van der Waals surface area contributed by atoms with Crippen molar-refractivity contribution in [3.8, 4) is 17.4 Å². The molecule has 0 atom stereocenters. The Labute approximate surface area is 207 Å². The molecule has 194 valence electrons. The van der Waals surface area contributed by atoms with Crippen LogP contribution in [0.4, 0.5) is 13.2 Å². The Bertz CT molecular complexity index is 1160. The number of hydrogen-bond acceptors (Lipinski definition) is 5. The molecule has 0 saturated carbocycles. The van der Waals surface area contributed by atoms with E-state index < -0.39 is 17.7 Å². The molecule has 2 aromatic carbocycles. The van der Waals surface area contributed by atoms with E-state index in [0.717, 1.165) is 17.8 Å². The van der Waals surface area contributed by atoms with E-state index in [4.69, 9.17) is 14.2 Å². The molecule has 10 heteroatoms. The number of carboxylic acid groups (broad SMARTS) is 1. The average Bonchev–Trinajstić information content (AvgIpc) is 3.16. The highest BCUT2D eigenvalue weighted by Crippen LogP contribution is 2.32. The fourth-order valence-corrected chi connectivity index (χ4v) is 3.65. The monoisotopic (exact) mass is 506 g/mol. The van der Waals surface area contributed by atoms with Crippen molar-refractivity contribution >= 4 is 5.97 Å². The predicted octanol–water partition coefficient (Wildman–Crippen LogP) is 5.38. The van der Waals surface area contributed by atoms with E-state index in [9.17, 15) is 23.1 Å². The van der Waals surface area contributed by atoms with Crippen molar-refractivity contribution in [2.24, 2.45) is 0 Å². The molecule has 0 unspecified atom stereocenters. The first kappa shape index (κ1) is 26.9. The summed E-state index contributed by atoms with van der Waals surface area (Å²) in [5.74, 6) is 0.303. The van der Waals surface area contributed by atoms with Crippen molar-refractivity contribution in [1.82, 2.24) is 9.78 Å². The Kier molecular flexibility index (Phi) is 8.84.